The largest absolute Gasteiger partial charge is 0.493 e. The maximum Gasteiger partial charge on any atom is 0.161 e. The fraction of sp³-hybridized carbons (Fsp3) is 0.409. The van der Waals surface area contributed by atoms with E-state index in [9.17, 15) is 4.79 Å². The molecule has 0 aliphatic carbocycles. The lowest BCUT2D eigenvalue weighted by Gasteiger charge is -2.34. The van der Waals surface area contributed by atoms with Crippen LogP contribution in [-0.2, 0) is 6.54 Å². The number of rotatable bonds is 8. The molecule has 1 heterocycles. The summed E-state index contributed by atoms with van der Waals surface area (Å²) in [5, 5.41) is 0. The summed E-state index contributed by atoms with van der Waals surface area (Å²) in [6.45, 7) is 8.31. The average molecular weight is 368 g/mol. The van der Waals surface area contributed by atoms with Gasteiger partial charge in [-0.2, -0.15) is 0 Å². The molecule has 0 bridgehead atoms. The van der Waals surface area contributed by atoms with Gasteiger partial charge in [-0.3, -0.25) is 14.6 Å². The molecule has 0 atom stereocenters. The van der Waals surface area contributed by atoms with E-state index in [0.29, 0.717) is 23.7 Å². The Bertz CT molecular complexity index is 740. The fourth-order valence-corrected chi connectivity index (χ4v) is 3.30. The van der Waals surface area contributed by atoms with Gasteiger partial charge in [-0.15, -0.1) is 0 Å². The summed E-state index contributed by atoms with van der Waals surface area (Å²) in [5.41, 5.74) is 2.00. The highest BCUT2D eigenvalue weighted by atomic mass is 16.5. The number of benzene rings is 2. The van der Waals surface area contributed by atoms with E-state index < -0.39 is 0 Å². The standard InChI is InChI=1S/C22H28N2O3/c1-18(25)20-8-9-21(22(16-20)26-2)27-15-14-23-10-12-24(13-11-23)17-19-6-4-3-5-7-19/h3-9,16H,10-15,17H2,1-2H3. The second-order valence-corrected chi connectivity index (χ2v) is 6.87. The number of Topliss-reactive ketones (excluding diaryl/α,β-unsaturated/α-hetero) is 1. The number of piperazine rings is 1. The van der Waals surface area contributed by atoms with Gasteiger partial charge in [0.1, 0.15) is 6.61 Å². The minimum Gasteiger partial charge on any atom is -0.493 e. The smallest absolute Gasteiger partial charge is 0.161 e. The lowest BCUT2D eigenvalue weighted by atomic mass is 10.1. The molecule has 0 unspecified atom stereocenters. The van der Waals surface area contributed by atoms with Crippen LogP contribution in [-0.4, -0.2) is 62.0 Å². The molecule has 5 heteroatoms. The molecule has 0 aromatic heterocycles. The van der Waals surface area contributed by atoms with E-state index in [1.807, 2.05) is 6.07 Å². The van der Waals surface area contributed by atoms with Crippen molar-refractivity contribution < 1.29 is 14.3 Å². The Morgan fingerprint density at radius 3 is 2.33 bits per heavy atom. The molecule has 5 nitrogen and oxygen atoms in total. The molecule has 27 heavy (non-hydrogen) atoms. The van der Waals surface area contributed by atoms with Gasteiger partial charge in [0, 0.05) is 44.8 Å². The Balaban J connectivity index is 1.42. The topological polar surface area (TPSA) is 42.0 Å². The number of carbonyl (C=O) groups excluding carboxylic acids is 1. The molecule has 3 rings (SSSR count). The number of methoxy groups -OCH3 is 1. The van der Waals surface area contributed by atoms with Crippen LogP contribution in [0.2, 0.25) is 0 Å². The third kappa shape index (κ3) is 5.55. The highest BCUT2D eigenvalue weighted by Gasteiger charge is 2.17. The van der Waals surface area contributed by atoms with Gasteiger partial charge in [-0.25, -0.2) is 0 Å². The van der Waals surface area contributed by atoms with Crippen LogP contribution in [0, 0.1) is 0 Å². The van der Waals surface area contributed by atoms with Crippen LogP contribution < -0.4 is 9.47 Å². The van der Waals surface area contributed by atoms with Crippen molar-refractivity contribution >= 4 is 5.78 Å². The first-order chi connectivity index (χ1) is 13.2. The maximum atomic E-state index is 11.5. The number of ether oxygens (including phenoxy) is 2. The first kappa shape index (κ1) is 19.4. The lowest BCUT2D eigenvalue weighted by Crippen LogP contribution is -2.47. The zero-order chi connectivity index (χ0) is 19.1. The van der Waals surface area contributed by atoms with E-state index >= 15 is 0 Å². The van der Waals surface area contributed by atoms with Crippen molar-refractivity contribution in [2.24, 2.45) is 0 Å². The summed E-state index contributed by atoms with van der Waals surface area (Å²) in [5.74, 6) is 1.31. The number of hydrogen-bond donors (Lipinski definition) is 0. The van der Waals surface area contributed by atoms with E-state index in [2.05, 4.69) is 40.1 Å². The van der Waals surface area contributed by atoms with Gasteiger partial charge in [0.05, 0.1) is 7.11 Å². The van der Waals surface area contributed by atoms with Crippen molar-refractivity contribution in [1.29, 1.82) is 0 Å². The van der Waals surface area contributed by atoms with Crippen LogP contribution >= 0.6 is 0 Å². The Hall–Kier alpha value is -2.37. The third-order valence-corrected chi connectivity index (χ3v) is 4.95. The van der Waals surface area contributed by atoms with Crippen LogP contribution in [0.5, 0.6) is 11.5 Å². The molecule has 1 fully saturated rings. The first-order valence-corrected chi connectivity index (χ1v) is 9.46. The molecular weight excluding hydrogens is 340 g/mol. The van der Waals surface area contributed by atoms with Crippen LogP contribution in [0.1, 0.15) is 22.8 Å². The van der Waals surface area contributed by atoms with E-state index in [-0.39, 0.29) is 5.78 Å². The Morgan fingerprint density at radius 2 is 1.67 bits per heavy atom. The normalized spacial score (nSPS) is 15.5. The molecule has 2 aromatic carbocycles. The predicted octanol–water partition coefficient (Wildman–Crippen LogP) is 3.09. The zero-order valence-electron chi connectivity index (χ0n) is 16.2. The van der Waals surface area contributed by atoms with Gasteiger partial charge in [-0.1, -0.05) is 30.3 Å². The van der Waals surface area contributed by atoms with Crippen LogP contribution in [0.25, 0.3) is 0 Å². The van der Waals surface area contributed by atoms with E-state index in [1.165, 1.54) is 5.56 Å². The molecule has 0 N–H and O–H groups in total. The highest BCUT2D eigenvalue weighted by molar-refractivity contribution is 5.94. The summed E-state index contributed by atoms with van der Waals surface area (Å²) >= 11 is 0. The number of hydrogen-bond acceptors (Lipinski definition) is 5. The molecule has 0 radical (unpaired) electrons. The number of nitrogens with zero attached hydrogens (tertiary/aromatic N) is 2. The Kier molecular flexibility index (Phi) is 6.85. The summed E-state index contributed by atoms with van der Waals surface area (Å²) < 4.78 is 11.2. The number of carbonyl (C=O) groups is 1. The van der Waals surface area contributed by atoms with Crippen molar-refractivity contribution in [3.8, 4) is 11.5 Å². The number of ketones is 1. The van der Waals surface area contributed by atoms with Gasteiger partial charge < -0.3 is 9.47 Å². The molecule has 1 aliphatic heterocycles. The van der Waals surface area contributed by atoms with Crippen molar-refractivity contribution in [2.45, 2.75) is 13.5 Å². The van der Waals surface area contributed by atoms with Crippen molar-refractivity contribution in [3.63, 3.8) is 0 Å². The molecule has 1 aliphatic rings. The molecule has 0 amide bonds. The minimum atomic E-state index is 0.0215. The SMILES string of the molecule is COc1cc(C(C)=O)ccc1OCCN1CCN(Cc2ccccc2)CC1. The molecule has 1 saturated heterocycles. The lowest BCUT2D eigenvalue weighted by molar-refractivity contribution is 0.101. The first-order valence-electron chi connectivity index (χ1n) is 9.46. The second-order valence-electron chi connectivity index (χ2n) is 6.87. The molecular formula is C22H28N2O3. The Labute approximate surface area is 161 Å². The minimum absolute atomic E-state index is 0.0215. The summed E-state index contributed by atoms with van der Waals surface area (Å²) in [4.78, 5) is 16.4. The van der Waals surface area contributed by atoms with E-state index in [1.54, 1.807) is 26.2 Å². The van der Waals surface area contributed by atoms with Crippen LogP contribution in [0.3, 0.4) is 0 Å². The van der Waals surface area contributed by atoms with Crippen LogP contribution in [0.4, 0.5) is 0 Å². The molecule has 0 spiro atoms. The van der Waals surface area contributed by atoms with E-state index in [0.717, 1.165) is 39.3 Å². The van der Waals surface area contributed by atoms with Crippen LogP contribution in [0.15, 0.2) is 48.5 Å². The van der Waals surface area contributed by atoms with Crippen molar-refractivity contribution in [3.05, 3.63) is 59.7 Å². The fourth-order valence-electron chi connectivity index (χ4n) is 3.30. The average Bonchev–Trinajstić information content (AvgIpc) is 2.70. The molecule has 144 valence electrons. The molecule has 0 saturated carbocycles. The summed E-state index contributed by atoms with van der Waals surface area (Å²) in [6, 6.07) is 16.0. The predicted molar refractivity (Wildman–Crippen MR) is 107 cm³/mol. The Morgan fingerprint density at radius 1 is 0.963 bits per heavy atom. The quantitative estimate of drug-likeness (QED) is 0.670. The zero-order valence-corrected chi connectivity index (χ0v) is 16.2. The third-order valence-electron chi connectivity index (χ3n) is 4.95. The second kappa shape index (κ2) is 9.53. The van der Waals surface area contributed by atoms with Gasteiger partial charge in [0.2, 0.25) is 0 Å². The highest BCUT2D eigenvalue weighted by Crippen LogP contribution is 2.28. The van der Waals surface area contributed by atoms with Gasteiger partial charge >= 0.3 is 0 Å². The summed E-state index contributed by atoms with van der Waals surface area (Å²) in [6.07, 6.45) is 0. The van der Waals surface area contributed by atoms with Gasteiger partial charge in [0.25, 0.3) is 0 Å². The van der Waals surface area contributed by atoms with Crippen molar-refractivity contribution in [2.75, 3.05) is 46.4 Å². The monoisotopic (exact) mass is 368 g/mol. The summed E-state index contributed by atoms with van der Waals surface area (Å²) in [7, 11) is 1.60. The van der Waals surface area contributed by atoms with E-state index in [4.69, 9.17) is 9.47 Å². The maximum absolute atomic E-state index is 11.5. The van der Waals surface area contributed by atoms with Crippen molar-refractivity contribution in [1.82, 2.24) is 9.80 Å². The van der Waals surface area contributed by atoms with Gasteiger partial charge in [-0.05, 0) is 30.7 Å². The van der Waals surface area contributed by atoms with Gasteiger partial charge in [0.15, 0.2) is 17.3 Å². The molecule has 2 aromatic rings.